The SMILES string of the molecule is CC(C)(C)NCNC(=O)O.Cl. The summed E-state index contributed by atoms with van der Waals surface area (Å²) in [6.07, 6.45) is -1.00. The number of carboxylic acid groups (broad SMARTS) is 1. The van der Waals surface area contributed by atoms with Gasteiger partial charge in [0.05, 0.1) is 6.67 Å². The van der Waals surface area contributed by atoms with E-state index in [9.17, 15) is 4.79 Å². The van der Waals surface area contributed by atoms with Crippen LogP contribution < -0.4 is 10.6 Å². The molecule has 4 nitrogen and oxygen atoms in total. The fourth-order valence-electron chi connectivity index (χ4n) is 0.385. The monoisotopic (exact) mass is 182 g/mol. The van der Waals surface area contributed by atoms with Crippen molar-refractivity contribution in [3.63, 3.8) is 0 Å². The van der Waals surface area contributed by atoms with Crippen molar-refractivity contribution in [3.8, 4) is 0 Å². The second kappa shape index (κ2) is 5.21. The minimum atomic E-state index is -1.00. The molecule has 0 saturated carbocycles. The molecule has 0 radical (unpaired) electrons. The molecule has 0 saturated heterocycles. The summed E-state index contributed by atoms with van der Waals surface area (Å²) in [5.74, 6) is 0. The van der Waals surface area contributed by atoms with Crippen LogP contribution in [0.3, 0.4) is 0 Å². The van der Waals surface area contributed by atoms with Crippen molar-refractivity contribution >= 4 is 18.5 Å². The molecule has 5 heteroatoms. The van der Waals surface area contributed by atoms with Crippen molar-refractivity contribution in [3.05, 3.63) is 0 Å². The lowest BCUT2D eigenvalue weighted by Gasteiger charge is -2.19. The van der Waals surface area contributed by atoms with E-state index in [4.69, 9.17) is 5.11 Å². The number of nitrogens with one attached hydrogen (secondary N) is 2. The quantitative estimate of drug-likeness (QED) is 0.559. The van der Waals surface area contributed by atoms with E-state index >= 15 is 0 Å². The van der Waals surface area contributed by atoms with Crippen LogP contribution in [-0.2, 0) is 0 Å². The van der Waals surface area contributed by atoms with Gasteiger partial charge in [0, 0.05) is 5.54 Å². The van der Waals surface area contributed by atoms with Crippen LogP contribution in [0.1, 0.15) is 20.8 Å². The molecule has 0 atom stereocenters. The minimum absolute atomic E-state index is 0. The van der Waals surface area contributed by atoms with Gasteiger partial charge in [0.15, 0.2) is 0 Å². The molecular weight excluding hydrogens is 168 g/mol. The Morgan fingerprint density at radius 2 is 1.91 bits per heavy atom. The van der Waals surface area contributed by atoms with Crippen molar-refractivity contribution in [2.45, 2.75) is 26.3 Å². The predicted octanol–water partition coefficient (Wildman–Crippen LogP) is 1.02. The topological polar surface area (TPSA) is 61.4 Å². The van der Waals surface area contributed by atoms with Gasteiger partial charge in [-0.3, -0.25) is 5.32 Å². The summed E-state index contributed by atoms with van der Waals surface area (Å²) in [5, 5.41) is 13.3. The summed E-state index contributed by atoms with van der Waals surface area (Å²) >= 11 is 0. The summed E-state index contributed by atoms with van der Waals surface area (Å²) in [5.41, 5.74) is -0.0392. The molecule has 0 fully saturated rings. The second-order valence-corrected chi connectivity index (χ2v) is 3.09. The maximum Gasteiger partial charge on any atom is 0.405 e. The van der Waals surface area contributed by atoms with Crippen LogP contribution in [0, 0.1) is 0 Å². The average molecular weight is 183 g/mol. The number of hydrogen-bond donors (Lipinski definition) is 3. The molecule has 68 valence electrons. The molecule has 0 spiro atoms. The first kappa shape index (κ1) is 13.1. The van der Waals surface area contributed by atoms with E-state index in [1.54, 1.807) is 0 Å². The average Bonchev–Trinajstić information content (AvgIpc) is 1.59. The van der Waals surface area contributed by atoms with E-state index in [0.29, 0.717) is 6.67 Å². The third-order valence-corrected chi connectivity index (χ3v) is 0.858. The number of hydrogen-bond acceptors (Lipinski definition) is 2. The van der Waals surface area contributed by atoms with Gasteiger partial charge in [-0.1, -0.05) is 0 Å². The first-order valence-electron chi connectivity index (χ1n) is 3.13. The number of rotatable bonds is 2. The molecule has 0 aromatic rings. The zero-order chi connectivity index (χ0) is 8.20. The molecule has 0 aliphatic rings. The predicted molar refractivity (Wildman–Crippen MR) is 46.2 cm³/mol. The number of carbonyl (C=O) groups is 1. The lowest BCUT2D eigenvalue weighted by Crippen LogP contribution is -2.43. The minimum Gasteiger partial charge on any atom is -0.465 e. The Hall–Kier alpha value is -0.480. The fraction of sp³-hybridized carbons (Fsp3) is 0.833. The van der Waals surface area contributed by atoms with E-state index in [2.05, 4.69) is 10.6 Å². The highest BCUT2D eigenvalue weighted by Gasteiger charge is 2.07. The summed E-state index contributed by atoms with van der Waals surface area (Å²) in [6.45, 7) is 6.20. The molecule has 0 bridgehead atoms. The lowest BCUT2D eigenvalue weighted by atomic mass is 10.1. The molecule has 0 aromatic carbocycles. The molecule has 0 unspecified atom stereocenters. The highest BCUT2D eigenvalue weighted by Crippen LogP contribution is 1.95. The summed E-state index contributed by atoms with van der Waals surface area (Å²) in [7, 11) is 0. The zero-order valence-corrected chi connectivity index (χ0v) is 7.79. The van der Waals surface area contributed by atoms with Gasteiger partial charge < -0.3 is 10.4 Å². The van der Waals surface area contributed by atoms with Gasteiger partial charge in [-0.05, 0) is 20.8 Å². The molecule has 0 aliphatic heterocycles. The Balaban J connectivity index is 0. The maximum absolute atomic E-state index is 9.93. The Kier molecular flexibility index (Phi) is 6.22. The van der Waals surface area contributed by atoms with Gasteiger partial charge in [-0.25, -0.2) is 4.79 Å². The first-order valence-corrected chi connectivity index (χ1v) is 3.13. The molecule has 1 amide bonds. The van der Waals surface area contributed by atoms with Crippen molar-refractivity contribution in [1.29, 1.82) is 0 Å². The van der Waals surface area contributed by atoms with E-state index < -0.39 is 6.09 Å². The van der Waals surface area contributed by atoms with Crippen LogP contribution in [0.15, 0.2) is 0 Å². The van der Waals surface area contributed by atoms with Gasteiger partial charge in [-0.15, -0.1) is 12.4 Å². The van der Waals surface area contributed by atoms with Crippen molar-refractivity contribution in [2.75, 3.05) is 6.67 Å². The normalized spacial score (nSPS) is 10.1. The molecule has 0 aromatic heterocycles. The Bertz CT molecular complexity index is 122. The van der Waals surface area contributed by atoms with Crippen LogP contribution in [-0.4, -0.2) is 23.4 Å². The molecule has 3 N–H and O–H groups in total. The molecule has 0 rings (SSSR count). The Morgan fingerprint density at radius 3 is 2.18 bits per heavy atom. The van der Waals surface area contributed by atoms with Crippen LogP contribution >= 0.6 is 12.4 Å². The van der Waals surface area contributed by atoms with E-state index in [1.165, 1.54) is 0 Å². The second-order valence-electron chi connectivity index (χ2n) is 3.09. The van der Waals surface area contributed by atoms with Gasteiger partial charge in [0.1, 0.15) is 0 Å². The third kappa shape index (κ3) is 12.7. The van der Waals surface area contributed by atoms with Crippen molar-refractivity contribution in [2.24, 2.45) is 0 Å². The smallest absolute Gasteiger partial charge is 0.405 e. The highest BCUT2D eigenvalue weighted by molar-refractivity contribution is 5.85. The Morgan fingerprint density at radius 1 is 1.45 bits per heavy atom. The van der Waals surface area contributed by atoms with Gasteiger partial charge in [0.2, 0.25) is 0 Å². The Labute approximate surface area is 72.8 Å². The molecule has 11 heavy (non-hydrogen) atoms. The van der Waals surface area contributed by atoms with Crippen molar-refractivity contribution < 1.29 is 9.90 Å². The van der Waals surface area contributed by atoms with Crippen LogP contribution in [0.5, 0.6) is 0 Å². The van der Waals surface area contributed by atoms with Crippen molar-refractivity contribution in [1.82, 2.24) is 10.6 Å². The lowest BCUT2D eigenvalue weighted by molar-refractivity contribution is 0.192. The standard InChI is InChI=1S/C6H14N2O2.ClH/c1-6(2,3)8-4-7-5(9)10;/h7-8H,4H2,1-3H3,(H,9,10);1H. The summed E-state index contributed by atoms with van der Waals surface area (Å²) in [6, 6.07) is 0. The summed E-state index contributed by atoms with van der Waals surface area (Å²) < 4.78 is 0. The van der Waals surface area contributed by atoms with Crippen LogP contribution in [0.25, 0.3) is 0 Å². The largest absolute Gasteiger partial charge is 0.465 e. The van der Waals surface area contributed by atoms with Gasteiger partial charge >= 0.3 is 6.09 Å². The first-order chi connectivity index (χ1) is 4.42. The molecule has 0 heterocycles. The van der Waals surface area contributed by atoms with E-state index in [1.807, 2.05) is 20.8 Å². The third-order valence-electron chi connectivity index (χ3n) is 0.858. The molecule has 0 aliphatic carbocycles. The summed E-state index contributed by atoms with van der Waals surface area (Å²) in [4.78, 5) is 9.93. The van der Waals surface area contributed by atoms with Gasteiger partial charge in [0.25, 0.3) is 0 Å². The van der Waals surface area contributed by atoms with Crippen LogP contribution in [0.2, 0.25) is 0 Å². The fourth-order valence-corrected chi connectivity index (χ4v) is 0.385. The van der Waals surface area contributed by atoms with Gasteiger partial charge in [-0.2, -0.15) is 0 Å². The number of halogens is 1. The molecular formula is C6H15ClN2O2. The maximum atomic E-state index is 9.93. The van der Waals surface area contributed by atoms with E-state index in [-0.39, 0.29) is 17.9 Å². The number of amides is 1. The van der Waals surface area contributed by atoms with E-state index in [0.717, 1.165) is 0 Å². The zero-order valence-electron chi connectivity index (χ0n) is 6.97. The van der Waals surface area contributed by atoms with Crippen LogP contribution in [0.4, 0.5) is 4.79 Å². The highest BCUT2D eigenvalue weighted by atomic mass is 35.5.